The van der Waals surface area contributed by atoms with E-state index in [9.17, 15) is 9.50 Å². The second-order valence-corrected chi connectivity index (χ2v) is 8.09. The summed E-state index contributed by atoms with van der Waals surface area (Å²) in [6.07, 6.45) is 10.7. The molecule has 0 saturated heterocycles. The molecule has 140 valence electrons. The fraction of sp³-hybridized carbons (Fsp3) is 0.429. The summed E-state index contributed by atoms with van der Waals surface area (Å²) in [5, 5.41) is 19.7. The molecule has 1 aromatic carbocycles. The Morgan fingerprint density at radius 3 is 2.81 bits per heavy atom. The summed E-state index contributed by atoms with van der Waals surface area (Å²) in [4.78, 5) is 0. The highest BCUT2D eigenvalue weighted by atomic mass is 19.1. The first kappa shape index (κ1) is 16.7. The van der Waals surface area contributed by atoms with E-state index in [1.165, 1.54) is 25.0 Å². The van der Waals surface area contributed by atoms with Crippen molar-refractivity contribution in [1.29, 1.82) is 0 Å². The minimum Gasteiger partial charge on any atom is -0.385 e. The highest BCUT2D eigenvalue weighted by molar-refractivity contribution is 5.69. The van der Waals surface area contributed by atoms with Gasteiger partial charge in [0.1, 0.15) is 5.82 Å². The van der Waals surface area contributed by atoms with Crippen LogP contribution in [0.3, 0.4) is 0 Å². The number of aliphatic hydroxyl groups is 1. The predicted molar refractivity (Wildman–Crippen MR) is 99.5 cm³/mol. The second-order valence-electron chi connectivity index (χ2n) is 8.09. The normalized spacial score (nSPS) is 18.0. The van der Waals surface area contributed by atoms with Gasteiger partial charge in [0.05, 0.1) is 17.5 Å². The van der Waals surface area contributed by atoms with Gasteiger partial charge in [-0.05, 0) is 60.9 Å². The van der Waals surface area contributed by atoms with Gasteiger partial charge in [-0.15, -0.1) is 0 Å². The van der Waals surface area contributed by atoms with Crippen LogP contribution in [0.4, 0.5) is 4.39 Å². The summed E-state index contributed by atoms with van der Waals surface area (Å²) in [6.45, 7) is 0.995. The largest absolute Gasteiger partial charge is 0.385 e. The average Bonchev–Trinajstić information content (AvgIpc) is 3.51. The summed E-state index contributed by atoms with van der Waals surface area (Å²) in [7, 11) is 1.89. The summed E-state index contributed by atoms with van der Waals surface area (Å²) in [5.74, 6) is 0.459. The maximum absolute atomic E-state index is 13.8. The first-order valence-electron chi connectivity index (χ1n) is 9.57. The first-order valence-corrected chi connectivity index (χ1v) is 9.57. The number of benzene rings is 1. The molecule has 3 aromatic rings. The number of aromatic nitrogens is 4. The van der Waals surface area contributed by atoms with Gasteiger partial charge < -0.3 is 5.11 Å². The van der Waals surface area contributed by atoms with E-state index in [1.807, 2.05) is 24.1 Å². The lowest BCUT2D eigenvalue weighted by Gasteiger charge is -2.14. The highest BCUT2D eigenvalue weighted by Crippen LogP contribution is 2.49. The zero-order valence-corrected chi connectivity index (χ0v) is 15.4. The Kier molecular flexibility index (Phi) is 3.72. The van der Waals surface area contributed by atoms with E-state index < -0.39 is 5.60 Å². The molecule has 27 heavy (non-hydrogen) atoms. The molecule has 6 heteroatoms. The lowest BCUT2D eigenvalue weighted by molar-refractivity contribution is 0.151. The first-order chi connectivity index (χ1) is 13.0. The van der Waals surface area contributed by atoms with E-state index in [2.05, 4.69) is 16.4 Å². The smallest absolute Gasteiger partial charge is 0.123 e. The Morgan fingerprint density at radius 2 is 2.07 bits per heavy atom. The Morgan fingerprint density at radius 1 is 1.26 bits per heavy atom. The van der Waals surface area contributed by atoms with Crippen LogP contribution in [0.5, 0.6) is 0 Å². The van der Waals surface area contributed by atoms with Crippen LogP contribution in [0.1, 0.15) is 42.4 Å². The van der Waals surface area contributed by atoms with Crippen LogP contribution in [0.25, 0.3) is 11.3 Å². The van der Waals surface area contributed by atoms with Crippen molar-refractivity contribution in [3.05, 3.63) is 59.3 Å². The van der Waals surface area contributed by atoms with Crippen molar-refractivity contribution < 1.29 is 9.50 Å². The van der Waals surface area contributed by atoms with Crippen LogP contribution >= 0.6 is 0 Å². The fourth-order valence-corrected chi connectivity index (χ4v) is 3.77. The Labute approximate surface area is 157 Å². The van der Waals surface area contributed by atoms with Gasteiger partial charge in [0.2, 0.25) is 0 Å². The third-order valence-corrected chi connectivity index (χ3v) is 5.59. The lowest BCUT2D eigenvalue weighted by Crippen LogP contribution is -2.08. The van der Waals surface area contributed by atoms with Gasteiger partial charge in [-0.3, -0.25) is 9.36 Å². The topological polar surface area (TPSA) is 55.9 Å². The van der Waals surface area contributed by atoms with Crippen molar-refractivity contribution in [2.45, 2.75) is 44.2 Å². The molecule has 2 aromatic heterocycles. The molecular formula is C21H23FN4O. The predicted octanol–water partition coefficient (Wildman–Crippen LogP) is 3.40. The summed E-state index contributed by atoms with van der Waals surface area (Å²) in [5.41, 5.74) is 3.55. The summed E-state index contributed by atoms with van der Waals surface area (Å²) in [6, 6.07) is 4.63. The average molecular weight is 366 g/mol. The minimum absolute atomic E-state index is 0.326. The zero-order chi connectivity index (χ0) is 18.6. The molecule has 0 atom stereocenters. The Bertz CT molecular complexity index is 998. The maximum Gasteiger partial charge on any atom is 0.123 e. The maximum atomic E-state index is 13.8. The molecule has 0 spiro atoms. The Hall–Kier alpha value is -2.47. The van der Waals surface area contributed by atoms with E-state index in [4.69, 9.17) is 0 Å². The molecule has 2 aliphatic carbocycles. The number of halogens is 1. The molecular weight excluding hydrogens is 343 g/mol. The molecule has 2 aliphatic rings. The zero-order valence-electron chi connectivity index (χ0n) is 15.4. The summed E-state index contributed by atoms with van der Waals surface area (Å²) >= 11 is 0. The Balaban J connectivity index is 1.49. The van der Waals surface area contributed by atoms with Crippen molar-refractivity contribution in [2.75, 3.05) is 0 Å². The molecule has 5 nitrogen and oxygen atoms in total. The highest BCUT2D eigenvalue weighted by Gasteiger charge is 2.44. The van der Waals surface area contributed by atoms with Crippen LogP contribution in [0, 0.1) is 11.7 Å². The second kappa shape index (κ2) is 6.02. The number of aryl methyl sites for hydroxylation is 1. The summed E-state index contributed by atoms with van der Waals surface area (Å²) < 4.78 is 17.6. The number of hydrogen-bond donors (Lipinski definition) is 1. The van der Waals surface area contributed by atoms with E-state index >= 15 is 0 Å². The van der Waals surface area contributed by atoms with Gasteiger partial charge in [-0.2, -0.15) is 10.2 Å². The van der Waals surface area contributed by atoms with Gasteiger partial charge in [0.25, 0.3) is 0 Å². The van der Waals surface area contributed by atoms with E-state index in [0.29, 0.717) is 24.8 Å². The van der Waals surface area contributed by atoms with Crippen molar-refractivity contribution in [3.8, 4) is 11.3 Å². The molecule has 0 radical (unpaired) electrons. The van der Waals surface area contributed by atoms with Crippen molar-refractivity contribution in [1.82, 2.24) is 19.6 Å². The molecule has 5 rings (SSSR count). The van der Waals surface area contributed by atoms with Crippen molar-refractivity contribution in [3.63, 3.8) is 0 Å². The van der Waals surface area contributed by atoms with E-state index in [1.54, 1.807) is 10.7 Å². The van der Waals surface area contributed by atoms with Gasteiger partial charge in [-0.25, -0.2) is 4.39 Å². The fourth-order valence-electron chi connectivity index (χ4n) is 3.77. The van der Waals surface area contributed by atoms with Crippen molar-refractivity contribution in [2.24, 2.45) is 13.0 Å². The third-order valence-electron chi connectivity index (χ3n) is 5.59. The molecule has 2 heterocycles. The van der Waals surface area contributed by atoms with Crippen LogP contribution in [-0.4, -0.2) is 24.7 Å². The van der Waals surface area contributed by atoms with Crippen LogP contribution in [-0.2, 0) is 25.6 Å². The van der Waals surface area contributed by atoms with Gasteiger partial charge in [0.15, 0.2) is 0 Å². The van der Waals surface area contributed by atoms with E-state index in [-0.39, 0.29) is 5.82 Å². The monoisotopic (exact) mass is 366 g/mol. The van der Waals surface area contributed by atoms with E-state index in [0.717, 1.165) is 34.8 Å². The quantitative estimate of drug-likeness (QED) is 0.727. The van der Waals surface area contributed by atoms with Crippen molar-refractivity contribution >= 4 is 0 Å². The molecule has 2 fully saturated rings. The molecule has 2 saturated carbocycles. The van der Waals surface area contributed by atoms with Crippen LogP contribution in [0.2, 0.25) is 0 Å². The SMILES string of the molecule is Cn1cc(Cc2cnn(CC3CC3)c2)c(-c2ccc(F)cc2C2(O)CC2)n1. The van der Waals surface area contributed by atoms with Crippen LogP contribution in [0.15, 0.2) is 36.8 Å². The van der Waals surface area contributed by atoms with Gasteiger partial charge in [-0.1, -0.05) is 0 Å². The number of rotatable bonds is 6. The van der Waals surface area contributed by atoms with Crippen LogP contribution < -0.4 is 0 Å². The van der Waals surface area contributed by atoms with Gasteiger partial charge >= 0.3 is 0 Å². The third kappa shape index (κ3) is 3.30. The van der Waals surface area contributed by atoms with Gasteiger partial charge in [0, 0.05) is 43.5 Å². The number of hydrogen-bond acceptors (Lipinski definition) is 3. The molecule has 1 N–H and O–H groups in total. The molecule has 0 bridgehead atoms. The standard InChI is InChI=1S/C21H23FN4O/c1-25-13-16(8-15-10-23-26(12-15)11-14-2-3-14)20(24-25)18-5-4-17(22)9-19(18)21(27)6-7-21/h4-5,9-10,12-14,27H,2-3,6-8,11H2,1H3. The molecule has 0 amide bonds. The minimum atomic E-state index is -0.915. The molecule has 0 unspecified atom stereocenters. The number of nitrogens with zero attached hydrogens (tertiary/aromatic N) is 4. The lowest BCUT2D eigenvalue weighted by atomic mass is 9.95. The molecule has 0 aliphatic heterocycles.